The average Bonchev–Trinajstić information content (AvgIpc) is 3.13. The third-order valence-electron chi connectivity index (χ3n) is 3.76. The summed E-state index contributed by atoms with van der Waals surface area (Å²) in [5, 5.41) is 12.5. The van der Waals surface area contributed by atoms with E-state index in [2.05, 4.69) is 21.3 Å². The molecule has 1 saturated heterocycles. The van der Waals surface area contributed by atoms with E-state index in [1.165, 1.54) is 25.7 Å². The molecule has 1 unspecified atom stereocenters. The van der Waals surface area contributed by atoms with Crippen LogP contribution >= 0.6 is 0 Å². The van der Waals surface area contributed by atoms with Gasteiger partial charge in [0.2, 0.25) is 0 Å². The molecule has 94 valence electrons. The van der Waals surface area contributed by atoms with Gasteiger partial charge < -0.3 is 10.2 Å². The minimum Gasteiger partial charge on any atom is -0.367 e. The van der Waals surface area contributed by atoms with Crippen molar-refractivity contribution in [1.82, 2.24) is 10.3 Å². The van der Waals surface area contributed by atoms with E-state index in [9.17, 15) is 0 Å². The van der Waals surface area contributed by atoms with Gasteiger partial charge in [-0.1, -0.05) is 0 Å². The molecule has 0 radical (unpaired) electrons. The zero-order valence-corrected chi connectivity index (χ0v) is 10.5. The van der Waals surface area contributed by atoms with E-state index >= 15 is 0 Å². The fourth-order valence-corrected chi connectivity index (χ4v) is 2.66. The number of hydrogen-bond donors (Lipinski definition) is 1. The topological polar surface area (TPSA) is 52.0 Å². The molecule has 0 amide bonds. The second kappa shape index (κ2) is 4.95. The molecule has 2 heterocycles. The second-order valence-electron chi connectivity index (χ2n) is 5.19. The first-order valence-electron chi connectivity index (χ1n) is 6.73. The van der Waals surface area contributed by atoms with E-state index < -0.39 is 0 Å². The average molecular weight is 242 g/mol. The Kier molecular flexibility index (Phi) is 3.16. The summed E-state index contributed by atoms with van der Waals surface area (Å²) in [4.78, 5) is 6.50. The summed E-state index contributed by atoms with van der Waals surface area (Å²) < 4.78 is 0. The van der Waals surface area contributed by atoms with Crippen LogP contribution in [0.2, 0.25) is 0 Å². The minimum atomic E-state index is 0.512. The number of pyridine rings is 1. The molecule has 4 heteroatoms. The number of nitrogens with zero attached hydrogens (tertiary/aromatic N) is 3. The molecule has 3 rings (SSSR count). The maximum absolute atomic E-state index is 8.94. The van der Waals surface area contributed by atoms with Crippen LogP contribution in [0.5, 0.6) is 0 Å². The zero-order chi connectivity index (χ0) is 12.4. The number of rotatable bonds is 4. The Hall–Kier alpha value is -1.60. The van der Waals surface area contributed by atoms with Gasteiger partial charge in [0.05, 0.1) is 0 Å². The number of nitrogens with one attached hydrogen (secondary N) is 1. The summed E-state index contributed by atoms with van der Waals surface area (Å²) in [6.07, 6.45) is 6.83. The van der Waals surface area contributed by atoms with Crippen molar-refractivity contribution < 1.29 is 0 Å². The molecule has 0 bridgehead atoms. The van der Waals surface area contributed by atoms with Crippen LogP contribution in [0.25, 0.3) is 0 Å². The summed E-state index contributed by atoms with van der Waals surface area (Å²) in [7, 11) is 0. The predicted octanol–water partition coefficient (Wildman–Crippen LogP) is 1.67. The largest absolute Gasteiger partial charge is 0.367 e. The molecule has 0 aromatic carbocycles. The van der Waals surface area contributed by atoms with Crippen LogP contribution in [0.15, 0.2) is 18.3 Å². The maximum atomic E-state index is 8.94. The van der Waals surface area contributed by atoms with E-state index in [1.807, 2.05) is 12.1 Å². The third-order valence-corrected chi connectivity index (χ3v) is 3.76. The van der Waals surface area contributed by atoms with Gasteiger partial charge in [-0.15, -0.1) is 0 Å². The number of anilines is 1. The molecular weight excluding hydrogens is 224 g/mol. The lowest BCUT2D eigenvalue weighted by atomic mass is 10.2. The third kappa shape index (κ3) is 2.46. The molecule has 0 spiro atoms. The van der Waals surface area contributed by atoms with E-state index in [1.54, 1.807) is 6.20 Å². The van der Waals surface area contributed by atoms with Crippen molar-refractivity contribution in [3.05, 3.63) is 24.0 Å². The van der Waals surface area contributed by atoms with E-state index in [0.29, 0.717) is 17.8 Å². The highest BCUT2D eigenvalue weighted by Gasteiger charge is 2.31. The summed E-state index contributed by atoms with van der Waals surface area (Å²) in [5.41, 5.74) is 1.66. The van der Waals surface area contributed by atoms with Gasteiger partial charge in [-0.05, 0) is 44.4 Å². The van der Waals surface area contributed by atoms with Crippen molar-refractivity contribution in [2.75, 3.05) is 18.0 Å². The summed E-state index contributed by atoms with van der Waals surface area (Å²) in [6, 6.07) is 7.32. The fraction of sp³-hybridized carbons (Fsp3) is 0.571. The van der Waals surface area contributed by atoms with Crippen LogP contribution in [0.3, 0.4) is 0 Å². The predicted molar refractivity (Wildman–Crippen MR) is 70.3 cm³/mol. The lowest BCUT2D eigenvalue weighted by Gasteiger charge is -2.27. The van der Waals surface area contributed by atoms with Crippen molar-refractivity contribution in [2.24, 2.45) is 0 Å². The Labute approximate surface area is 108 Å². The molecule has 1 atom stereocenters. The monoisotopic (exact) mass is 242 g/mol. The van der Waals surface area contributed by atoms with Crippen LogP contribution in [-0.4, -0.2) is 30.2 Å². The first-order chi connectivity index (χ1) is 8.86. The van der Waals surface area contributed by atoms with Crippen LogP contribution in [-0.2, 0) is 0 Å². The van der Waals surface area contributed by atoms with Crippen molar-refractivity contribution in [3.8, 4) is 6.07 Å². The normalized spacial score (nSPS) is 22.7. The first kappa shape index (κ1) is 11.5. The highest BCUT2D eigenvalue weighted by atomic mass is 15.2. The van der Waals surface area contributed by atoms with Gasteiger partial charge in [0.25, 0.3) is 0 Å². The van der Waals surface area contributed by atoms with E-state index in [4.69, 9.17) is 5.26 Å². The lowest BCUT2D eigenvalue weighted by molar-refractivity contribution is 0.578. The fourth-order valence-electron chi connectivity index (χ4n) is 2.66. The highest BCUT2D eigenvalue weighted by molar-refractivity contribution is 5.51. The second-order valence-corrected chi connectivity index (χ2v) is 5.19. The molecule has 1 aliphatic heterocycles. The molecule has 1 N–H and O–H groups in total. The summed E-state index contributed by atoms with van der Waals surface area (Å²) in [6.45, 7) is 2.20. The summed E-state index contributed by atoms with van der Waals surface area (Å²) in [5.74, 6) is 0. The molecule has 1 saturated carbocycles. The Morgan fingerprint density at radius 2 is 2.33 bits per heavy atom. The number of nitriles is 1. The minimum absolute atomic E-state index is 0.512. The molecule has 1 aromatic rings. The van der Waals surface area contributed by atoms with Crippen LogP contribution in [0.1, 0.15) is 31.4 Å². The van der Waals surface area contributed by atoms with Crippen molar-refractivity contribution >= 4 is 5.69 Å². The molecule has 4 nitrogen and oxygen atoms in total. The van der Waals surface area contributed by atoms with Gasteiger partial charge in [-0.3, -0.25) is 0 Å². The van der Waals surface area contributed by atoms with Gasteiger partial charge in [-0.25, -0.2) is 4.98 Å². The molecule has 1 aromatic heterocycles. The molecular formula is C14H18N4. The maximum Gasteiger partial charge on any atom is 0.142 e. The van der Waals surface area contributed by atoms with Crippen molar-refractivity contribution in [2.45, 2.75) is 37.8 Å². The van der Waals surface area contributed by atoms with Gasteiger partial charge in [-0.2, -0.15) is 5.26 Å². The summed E-state index contributed by atoms with van der Waals surface area (Å²) >= 11 is 0. The Bertz CT molecular complexity index is 455. The standard InChI is InChI=1S/C14H18N4/c15-9-12-8-14(5-7-17-12)18(13-3-4-13)10-11-2-1-6-16-11/h5,7-8,11,13,16H,1-4,6,10H2. The number of aromatic nitrogens is 1. The van der Waals surface area contributed by atoms with Crippen molar-refractivity contribution in [3.63, 3.8) is 0 Å². The number of hydrogen-bond acceptors (Lipinski definition) is 4. The van der Waals surface area contributed by atoms with Crippen LogP contribution in [0, 0.1) is 11.3 Å². The quantitative estimate of drug-likeness (QED) is 0.872. The Morgan fingerprint density at radius 3 is 3.00 bits per heavy atom. The Balaban J connectivity index is 1.77. The molecule has 2 fully saturated rings. The van der Waals surface area contributed by atoms with Gasteiger partial charge in [0.1, 0.15) is 11.8 Å². The SMILES string of the molecule is N#Cc1cc(N(CC2CCCN2)C2CC2)ccn1. The van der Waals surface area contributed by atoms with Crippen LogP contribution in [0.4, 0.5) is 5.69 Å². The lowest BCUT2D eigenvalue weighted by Crippen LogP contribution is -2.39. The van der Waals surface area contributed by atoms with E-state index in [0.717, 1.165) is 18.8 Å². The zero-order valence-electron chi connectivity index (χ0n) is 10.5. The van der Waals surface area contributed by atoms with Gasteiger partial charge >= 0.3 is 0 Å². The molecule has 1 aliphatic carbocycles. The van der Waals surface area contributed by atoms with Crippen molar-refractivity contribution in [1.29, 1.82) is 5.26 Å². The molecule has 2 aliphatic rings. The van der Waals surface area contributed by atoms with Crippen LogP contribution < -0.4 is 10.2 Å². The first-order valence-corrected chi connectivity index (χ1v) is 6.73. The smallest absolute Gasteiger partial charge is 0.142 e. The van der Waals surface area contributed by atoms with Gasteiger partial charge in [0, 0.05) is 30.5 Å². The van der Waals surface area contributed by atoms with E-state index in [-0.39, 0.29) is 0 Å². The highest BCUT2D eigenvalue weighted by Crippen LogP contribution is 2.32. The molecule has 18 heavy (non-hydrogen) atoms. The van der Waals surface area contributed by atoms with Gasteiger partial charge in [0.15, 0.2) is 0 Å². The Morgan fingerprint density at radius 1 is 1.44 bits per heavy atom.